The Bertz CT molecular complexity index is 1210. The van der Waals surface area contributed by atoms with E-state index in [0.717, 1.165) is 31.2 Å². The van der Waals surface area contributed by atoms with Gasteiger partial charge in [-0.3, -0.25) is 14.3 Å². The van der Waals surface area contributed by atoms with Crippen molar-refractivity contribution in [3.8, 4) is 0 Å². The fraction of sp³-hybridized carbons (Fsp3) is 0.370. The molecule has 0 spiro atoms. The van der Waals surface area contributed by atoms with Gasteiger partial charge in [0.25, 0.3) is 5.91 Å². The first-order valence-corrected chi connectivity index (χ1v) is 12.1. The summed E-state index contributed by atoms with van der Waals surface area (Å²) in [6.45, 7) is 0.506. The summed E-state index contributed by atoms with van der Waals surface area (Å²) in [7, 11) is 0. The normalized spacial score (nSPS) is 24.0. The van der Waals surface area contributed by atoms with Crippen LogP contribution in [0.25, 0.3) is 0 Å². The van der Waals surface area contributed by atoms with Crippen molar-refractivity contribution in [3.05, 3.63) is 83.9 Å². The minimum atomic E-state index is -0.932. The smallest absolute Gasteiger partial charge is 0.258 e. The first-order valence-electron chi connectivity index (χ1n) is 12.1. The van der Waals surface area contributed by atoms with E-state index in [1.54, 1.807) is 12.3 Å². The number of aromatic nitrogens is 2. The zero-order valence-electron chi connectivity index (χ0n) is 19.4. The molecule has 0 bridgehead atoms. The Morgan fingerprint density at radius 3 is 2.63 bits per heavy atom. The summed E-state index contributed by atoms with van der Waals surface area (Å²) >= 11 is 0. The summed E-state index contributed by atoms with van der Waals surface area (Å²) in [6, 6.07) is 15.5. The van der Waals surface area contributed by atoms with Crippen molar-refractivity contribution in [2.45, 2.75) is 50.3 Å². The average Bonchev–Trinajstić information content (AvgIpc) is 3.31. The molecule has 2 N–H and O–H groups in total. The maximum Gasteiger partial charge on any atom is 0.258 e. The number of halogens is 1. The van der Waals surface area contributed by atoms with Gasteiger partial charge in [-0.1, -0.05) is 55.3 Å². The second-order valence-electron chi connectivity index (χ2n) is 9.45. The van der Waals surface area contributed by atoms with Crippen LogP contribution < -0.4 is 5.32 Å². The van der Waals surface area contributed by atoms with Gasteiger partial charge >= 0.3 is 0 Å². The van der Waals surface area contributed by atoms with Crippen molar-refractivity contribution in [2.75, 3.05) is 11.9 Å². The van der Waals surface area contributed by atoms with Gasteiger partial charge in [-0.05, 0) is 37.0 Å². The molecule has 0 unspecified atom stereocenters. The van der Waals surface area contributed by atoms with Crippen molar-refractivity contribution in [3.63, 3.8) is 0 Å². The number of piperidine rings is 1. The number of rotatable bonds is 5. The second kappa shape index (κ2) is 9.62. The Balaban J connectivity index is 1.27. The molecule has 2 aliphatic rings. The number of nitrogens with one attached hydrogen (secondary N) is 1. The van der Waals surface area contributed by atoms with Gasteiger partial charge < -0.3 is 15.3 Å². The van der Waals surface area contributed by atoms with Gasteiger partial charge in [0.15, 0.2) is 0 Å². The number of amides is 2. The highest BCUT2D eigenvalue weighted by molar-refractivity contribution is 6.04. The molecule has 3 aromatic rings. The number of anilines is 1. The van der Waals surface area contributed by atoms with E-state index in [1.165, 1.54) is 29.1 Å². The van der Waals surface area contributed by atoms with Crippen LogP contribution in [0.4, 0.5) is 10.1 Å². The lowest BCUT2D eigenvalue weighted by atomic mass is 9.66. The summed E-state index contributed by atoms with van der Waals surface area (Å²) < 4.78 is 15.4. The maximum absolute atomic E-state index is 13.9. The van der Waals surface area contributed by atoms with E-state index in [0.29, 0.717) is 18.7 Å². The summed E-state index contributed by atoms with van der Waals surface area (Å²) in [6.07, 6.45) is 7.33. The third kappa shape index (κ3) is 4.58. The largest absolute Gasteiger partial charge is 0.385 e. The van der Waals surface area contributed by atoms with Crippen molar-refractivity contribution in [1.82, 2.24) is 14.7 Å². The second-order valence-corrected chi connectivity index (χ2v) is 9.45. The lowest BCUT2D eigenvalue weighted by molar-refractivity contribution is -0.155. The van der Waals surface area contributed by atoms with Crippen LogP contribution in [0.2, 0.25) is 0 Å². The van der Waals surface area contributed by atoms with Crippen molar-refractivity contribution < 1.29 is 19.1 Å². The topological polar surface area (TPSA) is 87.5 Å². The lowest BCUT2D eigenvalue weighted by Gasteiger charge is -2.52. The van der Waals surface area contributed by atoms with Crippen molar-refractivity contribution in [2.24, 2.45) is 5.92 Å². The maximum atomic E-state index is 13.9. The summed E-state index contributed by atoms with van der Waals surface area (Å²) in [5.41, 5.74) is 0.322. The van der Waals surface area contributed by atoms with Crippen LogP contribution in [-0.4, -0.2) is 44.2 Å². The number of carbonyl (C=O) groups excluding carboxylic acids is 2. The Morgan fingerprint density at radius 1 is 1.09 bits per heavy atom. The highest BCUT2D eigenvalue weighted by Crippen LogP contribution is 2.46. The van der Waals surface area contributed by atoms with E-state index >= 15 is 0 Å². The van der Waals surface area contributed by atoms with Crippen LogP contribution in [0.5, 0.6) is 0 Å². The van der Waals surface area contributed by atoms with E-state index in [4.69, 9.17) is 0 Å². The zero-order chi connectivity index (χ0) is 24.4. The van der Waals surface area contributed by atoms with Gasteiger partial charge in [0, 0.05) is 24.7 Å². The Kier molecular flexibility index (Phi) is 6.38. The number of hydrogen-bond acceptors (Lipinski definition) is 4. The predicted molar refractivity (Wildman–Crippen MR) is 129 cm³/mol. The van der Waals surface area contributed by atoms with Crippen molar-refractivity contribution in [1.29, 1.82) is 0 Å². The molecule has 7 nitrogen and oxygen atoms in total. The number of nitrogens with zero attached hydrogens (tertiary/aromatic N) is 3. The third-order valence-corrected chi connectivity index (χ3v) is 7.38. The first kappa shape index (κ1) is 23.2. The molecule has 2 aromatic carbocycles. The predicted octanol–water partition coefficient (Wildman–Crippen LogP) is 3.95. The quantitative estimate of drug-likeness (QED) is 0.584. The van der Waals surface area contributed by atoms with Crippen LogP contribution in [-0.2, 0) is 16.9 Å². The lowest BCUT2D eigenvalue weighted by Crippen LogP contribution is -2.59. The number of hydrogen-bond donors (Lipinski definition) is 2. The highest BCUT2D eigenvalue weighted by atomic mass is 19.1. The fourth-order valence-electron chi connectivity index (χ4n) is 5.67. The molecule has 182 valence electrons. The van der Waals surface area contributed by atoms with Gasteiger partial charge in [-0.15, -0.1) is 0 Å². The summed E-state index contributed by atoms with van der Waals surface area (Å²) in [4.78, 5) is 27.6. The molecule has 0 radical (unpaired) electrons. The minimum absolute atomic E-state index is 0.00964. The van der Waals surface area contributed by atoms with Crippen LogP contribution in [0.3, 0.4) is 0 Å². The van der Waals surface area contributed by atoms with E-state index in [1.807, 2.05) is 35.2 Å². The Morgan fingerprint density at radius 2 is 1.83 bits per heavy atom. The fourth-order valence-corrected chi connectivity index (χ4v) is 5.67. The molecular formula is C27H29FN4O3. The number of fused-ring (bicyclic) bond motifs is 1. The van der Waals surface area contributed by atoms with Gasteiger partial charge in [0.2, 0.25) is 5.91 Å². The van der Waals surface area contributed by atoms with E-state index in [2.05, 4.69) is 10.4 Å². The SMILES string of the molecule is O=C(Nc1cnn(CC(=O)N2CC[C@@](O)(c3ccccc3)[C@H]3CCCC[C@@H]32)c1)c1ccccc1F. The molecule has 2 fully saturated rings. The van der Waals surface area contributed by atoms with Gasteiger partial charge in [0.05, 0.1) is 23.0 Å². The monoisotopic (exact) mass is 476 g/mol. The van der Waals surface area contributed by atoms with Gasteiger partial charge in [0.1, 0.15) is 12.4 Å². The van der Waals surface area contributed by atoms with Gasteiger partial charge in [-0.25, -0.2) is 4.39 Å². The van der Waals surface area contributed by atoms with E-state index < -0.39 is 17.3 Å². The zero-order valence-corrected chi connectivity index (χ0v) is 19.4. The van der Waals surface area contributed by atoms with Crippen LogP contribution in [0.15, 0.2) is 67.0 Å². The van der Waals surface area contributed by atoms with Crippen LogP contribution in [0, 0.1) is 11.7 Å². The van der Waals surface area contributed by atoms with E-state index in [9.17, 15) is 19.1 Å². The van der Waals surface area contributed by atoms with Crippen LogP contribution in [0.1, 0.15) is 48.0 Å². The Labute approximate surface area is 203 Å². The van der Waals surface area contributed by atoms with Gasteiger partial charge in [-0.2, -0.15) is 5.10 Å². The number of benzene rings is 2. The van der Waals surface area contributed by atoms with E-state index in [-0.39, 0.29) is 30.0 Å². The number of aliphatic hydroxyl groups is 1. The summed E-state index contributed by atoms with van der Waals surface area (Å²) in [5.74, 6) is -1.25. The molecule has 1 aliphatic carbocycles. The molecule has 1 aromatic heterocycles. The molecule has 8 heteroatoms. The molecule has 35 heavy (non-hydrogen) atoms. The number of likely N-dealkylation sites (tertiary alicyclic amines) is 1. The molecule has 2 amide bonds. The number of carbonyl (C=O) groups is 2. The molecular weight excluding hydrogens is 447 g/mol. The molecule has 1 saturated heterocycles. The van der Waals surface area contributed by atoms with Crippen LogP contribution >= 0.6 is 0 Å². The molecule has 2 heterocycles. The molecule has 5 rings (SSSR count). The minimum Gasteiger partial charge on any atom is -0.385 e. The molecule has 3 atom stereocenters. The first-order chi connectivity index (χ1) is 17.0. The molecule has 1 aliphatic heterocycles. The summed E-state index contributed by atoms with van der Waals surface area (Å²) in [5, 5.41) is 18.5. The third-order valence-electron chi connectivity index (χ3n) is 7.38. The van der Waals surface area contributed by atoms with Crippen molar-refractivity contribution >= 4 is 17.5 Å². The standard InChI is InChI=1S/C27H29FN4O3/c28-23-12-6-4-10-21(23)26(34)30-20-16-29-31(17-20)18-25(33)32-15-14-27(35,19-8-2-1-3-9-19)22-11-5-7-13-24(22)32/h1-4,6,8-10,12,16-17,22,24,35H,5,7,11,13-15,18H2,(H,30,34)/t22-,24-,27+/m0/s1. The molecule has 1 saturated carbocycles. The average molecular weight is 477 g/mol. The Hall–Kier alpha value is -3.52. The highest BCUT2D eigenvalue weighted by Gasteiger charge is 2.50.